The lowest BCUT2D eigenvalue weighted by Gasteiger charge is -2.56. The van der Waals surface area contributed by atoms with Gasteiger partial charge in [0.2, 0.25) is 0 Å². The molecule has 0 aliphatic heterocycles. The van der Waals surface area contributed by atoms with E-state index in [0.29, 0.717) is 17.7 Å². The van der Waals surface area contributed by atoms with Crippen LogP contribution in [0, 0.1) is 11.3 Å². The fourth-order valence-electron chi connectivity index (χ4n) is 4.65. The van der Waals surface area contributed by atoms with Crippen LogP contribution in [0.3, 0.4) is 0 Å². The molecule has 4 heteroatoms. The summed E-state index contributed by atoms with van der Waals surface area (Å²) in [6, 6.07) is 23.9. The topological polar surface area (TPSA) is 49.5 Å². The number of rotatable bonds is 8. The highest BCUT2D eigenvalue weighted by molar-refractivity contribution is 5.19. The van der Waals surface area contributed by atoms with Gasteiger partial charge in [-0.05, 0) is 35.3 Å². The normalized spacial score (nSPS) is 20.6. The van der Waals surface area contributed by atoms with Crippen molar-refractivity contribution >= 4 is 0 Å². The van der Waals surface area contributed by atoms with Gasteiger partial charge < -0.3 is 9.63 Å². The van der Waals surface area contributed by atoms with E-state index in [9.17, 15) is 5.11 Å². The molecule has 1 N–H and O–H groups in total. The lowest BCUT2D eigenvalue weighted by molar-refractivity contribution is -0.0711. The van der Waals surface area contributed by atoms with Crippen molar-refractivity contribution in [3.8, 4) is 0 Å². The number of benzene rings is 2. The fourth-order valence-corrected chi connectivity index (χ4v) is 4.65. The molecule has 0 bridgehead atoms. The van der Waals surface area contributed by atoms with Crippen LogP contribution in [-0.2, 0) is 26.1 Å². The zero-order chi connectivity index (χ0) is 20.3. The van der Waals surface area contributed by atoms with E-state index >= 15 is 0 Å². The van der Waals surface area contributed by atoms with Crippen molar-refractivity contribution in [2.24, 2.45) is 11.3 Å². The third-order valence-electron chi connectivity index (χ3n) is 6.54. The number of aromatic nitrogens is 1. The second-order valence-electron chi connectivity index (χ2n) is 8.79. The molecular weight excluding hydrogens is 360 g/mol. The van der Waals surface area contributed by atoms with Crippen LogP contribution in [0.15, 0.2) is 71.3 Å². The molecule has 0 amide bonds. The Morgan fingerprint density at radius 1 is 1.00 bits per heavy atom. The summed E-state index contributed by atoms with van der Waals surface area (Å²) in [7, 11) is 0. The molecule has 0 spiro atoms. The summed E-state index contributed by atoms with van der Waals surface area (Å²) in [4.78, 5) is 2.63. The Balaban J connectivity index is 1.49. The molecule has 4 rings (SSSR count). The molecular formula is C25H30N2O2. The van der Waals surface area contributed by atoms with Gasteiger partial charge in [-0.2, -0.15) is 0 Å². The van der Waals surface area contributed by atoms with Crippen molar-refractivity contribution in [1.82, 2.24) is 10.1 Å². The van der Waals surface area contributed by atoms with Crippen LogP contribution in [0.25, 0.3) is 0 Å². The van der Waals surface area contributed by atoms with Gasteiger partial charge in [0.15, 0.2) is 5.76 Å². The van der Waals surface area contributed by atoms with Crippen molar-refractivity contribution in [3.63, 3.8) is 0 Å². The third-order valence-corrected chi connectivity index (χ3v) is 6.54. The summed E-state index contributed by atoms with van der Waals surface area (Å²) in [5, 5.41) is 13.3. The van der Waals surface area contributed by atoms with E-state index in [0.717, 1.165) is 31.6 Å². The minimum Gasteiger partial charge on any atom is -0.388 e. The van der Waals surface area contributed by atoms with Gasteiger partial charge in [0, 0.05) is 25.2 Å². The van der Waals surface area contributed by atoms with Crippen molar-refractivity contribution < 1.29 is 9.63 Å². The molecule has 3 aromatic rings. The first-order chi connectivity index (χ1) is 14.1. The number of aliphatic hydroxyl groups is 1. The first kappa shape index (κ1) is 19.9. The van der Waals surface area contributed by atoms with Gasteiger partial charge in [-0.25, -0.2) is 0 Å². The van der Waals surface area contributed by atoms with Crippen LogP contribution >= 0.6 is 0 Å². The lowest BCUT2D eigenvalue weighted by Crippen LogP contribution is -2.58. The van der Waals surface area contributed by atoms with Gasteiger partial charge >= 0.3 is 0 Å². The molecule has 4 nitrogen and oxygen atoms in total. The maximum absolute atomic E-state index is 9.21. The highest BCUT2D eigenvalue weighted by Crippen LogP contribution is 2.51. The van der Waals surface area contributed by atoms with Crippen LogP contribution in [0.1, 0.15) is 42.8 Å². The Hall–Kier alpha value is -2.43. The monoisotopic (exact) mass is 390 g/mol. The second kappa shape index (κ2) is 8.52. The van der Waals surface area contributed by atoms with Gasteiger partial charge in [0.25, 0.3) is 0 Å². The van der Waals surface area contributed by atoms with Crippen molar-refractivity contribution in [2.75, 3.05) is 0 Å². The maximum Gasteiger partial charge on any atom is 0.162 e. The number of nitrogens with zero attached hydrogens (tertiary/aromatic N) is 2. The van der Waals surface area contributed by atoms with Crippen molar-refractivity contribution in [3.05, 3.63) is 89.3 Å². The Morgan fingerprint density at radius 2 is 1.59 bits per heavy atom. The smallest absolute Gasteiger partial charge is 0.162 e. The van der Waals surface area contributed by atoms with Gasteiger partial charge in [0.05, 0.1) is 5.69 Å². The molecule has 1 heterocycles. The van der Waals surface area contributed by atoms with Gasteiger partial charge in [-0.15, -0.1) is 0 Å². The van der Waals surface area contributed by atoms with Crippen LogP contribution in [0.4, 0.5) is 0 Å². The van der Waals surface area contributed by atoms with Crippen molar-refractivity contribution in [1.29, 1.82) is 0 Å². The predicted octanol–water partition coefficient (Wildman–Crippen LogP) is 4.83. The average Bonchev–Trinajstić information content (AvgIpc) is 3.20. The predicted molar refractivity (Wildman–Crippen MR) is 114 cm³/mol. The summed E-state index contributed by atoms with van der Waals surface area (Å²) in [5.74, 6) is 1.10. The summed E-state index contributed by atoms with van der Waals surface area (Å²) >= 11 is 0. The average molecular weight is 391 g/mol. The van der Waals surface area contributed by atoms with E-state index in [-0.39, 0.29) is 12.0 Å². The molecule has 0 radical (unpaired) electrons. The zero-order valence-electron chi connectivity index (χ0n) is 17.3. The molecule has 29 heavy (non-hydrogen) atoms. The molecule has 0 saturated heterocycles. The van der Waals surface area contributed by atoms with Gasteiger partial charge in [0.1, 0.15) is 6.61 Å². The fraction of sp³-hybridized carbons (Fsp3) is 0.400. The SMILES string of the molecule is CC1(C)[C@H](Cc2cc(CO)on2)C[C@@H]1N(Cc1ccccc1)Cc1ccccc1. The quantitative estimate of drug-likeness (QED) is 0.599. The summed E-state index contributed by atoms with van der Waals surface area (Å²) in [6.45, 7) is 6.57. The molecule has 1 aliphatic carbocycles. The lowest BCUT2D eigenvalue weighted by atomic mass is 9.56. The molecule has 1 aliphatic rings. The van der Waals surface area contributed by atoms with Gasteiger partial charge in [-0.1, -0.05) is 79.7 Å². The van der Waals surface area contributed by atoms with Crippen LogP contribution < -0.4 is 0 Å². The molecule has 1 saturated carbocycles. The zero-order valence-corrected chi connectivity index (χ0v) is 17.3. The Labute approximate surface area is 173 Å². The molecule has 152 valence electrons. The van der Waals surface area contributed by atoms with Crippen molar-refractivity contribution in [2.45, 2.75) is 52.4 Å². The molecule has 1 fully saturated rings. The minimum atomic E-state index is -0.0917. The van der Waals surface area contributed by atoms with E-state index < -0.39 is 0 Å². The van der Waals surface area contributed by atoms with E-state index in [2.05, 4.69) is 84.6 Å². The largest absolute Gasteiger partial charge is 0.388 e. The van der Waals surface area contributed by atoms with Crippen LogP contribution in [-0.4, -0.2) is 21.2 Å². The standard InChI is InChI=1S/C25H30N2O2/c1-25(2)21(13-22-15-23(18-28)29-26-22)14-24(25)27(16-19-9-5-3-6-10-19)17-20-11-7-4-8-12-20/h3-12,15,21,24,28H,13-14,16-18H2,1-2H3/t21-,24+/m1/s1. The summed E-state index contributed by atoms with van der Waals surface area (Å²) in [6.07, 6.45) is 2.05. The van der Waals surface area contributed by atoms with E-state index in [4.69, 9.17) is 4.52 Å². The molecule has 2 aromatic carbocycles. The maximum atomic E-state index is 9.21. The second-order valence-corrected chi connectivity index (χ2v) is 8.79. The van der Waals surface area contributed by atoms with E-state index in [1.165, 1.54) is 11.1 Å². The number of aliphatic hydroxyl groups excluding tert-OH is 1. The molecule has 0 unspecified atom stereocenters. The van der Waals surface area contributed by atoms with Crippen LogP contribution in [0.5, 0.6) is 0 Å². The van der Waals surface area contributed by atoms with Crippen LogP contribution in [0.2, 0.25) is 0 Å². The Kier molecular flexibility index (Phi) is 5.84. The summed E-state index contributed by atoms with van der Waals surface area (Å²) in [5.41, 5.74) is 3.84. The Bertz CT molecular complexity index is 863. The first-order valence-electron chi connectivity index (χ1n) is 10.4. The number of hydrogen-bond acceptors (Lipinski definition) is 4. The number of hydrogen-bond donors (Lipinski definition) is 1. The highest BCUT2D eigenvalue weighted by Gasteiger charge is 2.50. The Morgan fingerprint density at radius 3 is 2.07 bits per heavy atom. The van der Waals surface area contributed by atoms with Gasteiger partial charge in [-0.3, -0.25) is 4.90 Å². The highest BCUT2D eigenvalue weighted by atomic mass is 16.5. The minimum absolute atomic E-state index is 0.0917. The van der Waals surface area contributed by atoms with E-state index in [1.807, 2.05) is 6.07 Å². The first-order valence-corrected chi connectivity index (χ1v) is 10.4. The summed E-state index contributed by atoms with van der Waals surface area (Å²) < 4.78 is 5.17. The molecule has 2 atom stereocenters. The third kappa shape index (κ3) is 4.44. The van der Waals surface area contributed by atoms with E-state index in [1.54, 1.807) is 0 Å². The molecule has 1 aromatic heterocycles.